The highest BCUT2D eigenvalue weighted by molar-refractivity contribution is 6.42. The van der Waals surface area contributed by atoms with Crippen molar-refractivity contribution in [1.82, 2.24) is 10.2 Å². The van der Waals surface area contributed by atoms with Crippen LogP contribution in [0.25, 0.3) is 0 Å². The molecule has 0 bridgehead atoms. The van der Waals surface area contributed by atoms with Crippen LogP contribution in [0.15, 0.2) is 72.8 Å². The van der Waals surface area contributed by atoms with E-state index in [4.69, 9.17) is 27.9 Å². The van der Waals surface area contributed by atoms with Crippen LogP contribution in [0.5, 0.6) is 5.75 Å². The topological polar surface area (TPSA) is 58.6 Å². The van der Waals surface area contributed by atoms with E-state index in [0.29, 0.717) is 22.2 Å². The summed E-state index contributed by atoms with van der Waals surface area (Å²) in [5, 5.41) is 3.89. The van der Waals surface area contributed by atoms with Gasteiger partial charge in [-0.3, -0.25) is 9.59 Å². The Labute approximate surface area is 236 Å². The standard InChI is InChI=1S/C31H36Cl2N2O3/c1-5-22(4)34-31(37)28(18-23-11-7-6-8-12-23)35(19-24-15-16-26(32)27(33)17-24)30(36)20-38-29-14-10-9-13-25(29)21(2)3/h6-17,21-22,28H,5,18-20H2,1-4H3,(H,34,37)/t22-,28-/m1/s1. The third-order valence-corrected chi connectivity index (χ3v) is 7.24. The summed E-state index contributed by atoms with van der Waals surface area (Å²) in [4.78, 5) is 29.0. The number of carbonyl (C=O) groups is 2. The first kappa shape index (κ1) is 29.5. The minimum Gasteiger partial charge on any atom is -0.483 e. The van der Waals surface area contributed by atoms with Crippen LogP contribution in [0.1, 0.15) is 56.7 Å². The van der Waals surface area contributed by atoms with Crippen LogP contribution >= 0.6 is 23.2 Å². The summed E-state index contributed by atoms with van der Waals surface area (Å²) < 4.78 is 6.03. The number of ether oxygens (including phenoxy) is 1. The van der Waals surface area contributed by atoms with Gasteiger partial charge in [0.05, 0.1) is 10.0 Å². The molecule has 2 atom stereocenters. The molecule has 0 fully saturated rings. The molecule has 5 nitrogen and oxygen atoms in total. The molecule has 0 aliphatic rings. The van der Waals surface area contributed by atoms with Gasteiger partial charge in [0.2, 0.25) is 5.91 Å². The monoisotopic (exact) mass is 554 g/mol. The molecule has 1 N–H and O–H groups in total. The van der Waals surface area contributed by atoms with Gasteiger partial charge in [-0.25, -0.2) is 0 Å². The van der Waals surface area contributed by atoms with Crippen molar-refractivity contribution in [2.75, 3.05) is 6.61 Å². The normalized spacial score (nSPS) is 12.6. The fourth-order valence-corrected chi connectivity index (χ4v) is 4.46. The van der Waals surface area contributed by atoms with E-state index in [-0.39, 0.29) is 36.9 Å². The smallest absolute Gasteiger partial charge is 0.261 e. The Bertz CT molecular complexity index is 1220. The lowest BCUT2D eigenvalue weighted by Gasteiger charge is -2.32. The van der Waals surface area contributed by atoms with Crippen LogP contribution in [0.3, 0.4) is 0 Å². The minimum atomic E-state index is -0.753. The quantitative estimate of drug-likeness (QED) is 0.261. The molecule has 0 aliphatic heterocycles. The number of halogens is 2. The number of carbonyl (C=O) groups excluding carboxylic acids is 2. The Hall–Kier alpha value is -3.02. The number of benzene rings is 3. The number of amides is 2. The maximum Gasteiger partial charge on any atom is 0.261 e. The highest BCUT2D eigenvalue weighted by atomic mass is 35.5. The van der Waals surface area contributed by atoms with Gasteiger partial charge in [0, 0.05) is 19.0 Å². The Morgan fingerprint density at radius 1 is 0.895 bits per heavy atom. The molecule has 0 unspecified atom stereocenters. The van der Waals surface area contributed by atoms with Crippen molar-refractivity contribution in [2.24, 2.45) is 0 Å². The zero-order valence-electron chi connectivity index (χ0n) is 22.4. The zero-order valence-corrected chi connectivity index (χ0v) is 23.9. The maximum atomic E-state index is 13.8. The van der Waals surface area contributed by atoms with Crippen molar-refractivity contribution in [3.8, 4) is 5.75 Å². The molecule has 7 heteroatoms. The van der Waals surface area contributed by atoms with Crippen molar-refractivity contribution in [2.45, 2.75) is 65.1 Å². The molecule has 0 aromatic heterocycles. The molecular weight excluding hydrogens is 519 g/mol. The Balaban J connectivity index is 1.96. The Kier molecular flexibility index (Phi) is 11.1. The van der Waals surface area contributed by atoms with Gasteiger partial charge >= 0.3 is 0 Å². The number of para-hydroxylation sites is 1. The molecule has 3 aromatic rings. The van der Waals surface area contributed by atoms with Gasteiger partial charge < -0.3 is 15.0 Å². The van der Waals surface area contributed by atoms with Gasteiger partial charge in [0.1, 0.15) is 11.8 Å². The number of nitrogens with zero attached hydrogens (tertiary/aromatic N) is 1. The zero-order chi connectivity index (χ0) is 27.7. The largest absolute Gasteiger partial charge is 0.483 e. The summed E-state index contributed by atoms with van der Waals surface area (Å²) in [6.07, 6.45) is 1.14. The van der Waals surface area contributed by atoms with Gasteiger partial charge in [-0.2, -0.15) is 0 Å². The number of rotatable bonds is 12. The molecule has 0 spiro atoms. The molecule has 0 radical (unpaired) electrons. The minimum absolute atomic E-state index is 0.0307. The average molecular weight is 556 g/mol. The second-order valence-corrected chi connectivity index (χ2v) is 10.6. The molecule has 202 valence electrons. The first-order valence-electron chi connectivity index (χ1n) is 13.0. The van der Waals surface area contributed by atoms with E-state index in [2.05, 4.69) is 19.2 Å². The van der Waals surface area contributed by atoms with Crippen LogP contribution in [0, 0.1) is 0 Å². The van der Waals surface area contributed by atoms with Gasteiger partial charge in [0.25, 0.3) is 5.91 Å². The summed E-state index contributed by atoms with van der Waals surface area (Å²) in [7, 11) is 0. The fourth-order valence-electron chi connectivity index (χ4n) is 4.14. The fraction of sp³-hybridized carbons (Fsp3) is 0.355. The maximum absolute atomic E-state index is 13.8. The highest BCUT2D eigenvalue weighted by Gasteiger charge is 2.31. The van der Waals surface area contributed by atoms with Crippen molar-refractivity contribution >= 4 is 35.0 Å². The van der Waals surface area contributed by atoms with Gasteiger partial charge in [0.15, 0.2) is 6.61 Å². The van der Waals surface area contributed by atoms with Gasteiger partial charge in [-0.15, -0.1) is 0 Å². The van der Waals surface area contributed by atoms with Crippen LogP contribution in [0.2, 0.25) is 10.0 Å². The van der Waals surface area contributed by atoms with Crippen molar-refractivity contribution in [1.29, 1.82) is 0 Å². The molecule has 0 heterocycles. The van der Waals surface area contributed by atoms with E-state index < -0.39 is 6.04 Å². The summed E-state index contributed by atoms with van der Waals surface area (Å²) in [5.41, 5.74) is 2.74. The third kappa shape index (κ3) is 8.24. The number of hydrogen-bond acceptors (Lipinski definition) is 3. The van der Waals surface area contributed by atoms with Crippen LogP contribution in [0.4, 0.5) is 0 Å². The summed E-state index contributed by atoms with van der Waals surface area (Å²) in [6.45, 7) is 8.10. The van der Waals surface area contributed by atoms with Crippen molar-refractivity contribution in [3.63, 3.8) is 0 Å². The lowest BCUT2D eigenvalue weighted by molar-refractivity contribution is -0.143. The van der Waals surface area contributed by atoms with Gasteiger partial charge in [-0.05, 0) is 54.2 Å². The predicted molar refractivity (Wildman–Crippen MR) is 155 cm³/mol. The van der Waals surface area contributed by atoms with E-state index in [1.807, 2.05) is 74.5 Å². The highest BCUT2D eigenvalue weighted by Crippen LogP contribution is 2.27. The van der Waals surface area contributed by atoms with E-state index >= 15 is 0 Å². The molecule has 0 saturated heterocycles. The number of hydrogen-bond donors (Lipinski definition) is 1. The Morgan fingerprint density at radius 3 is 2.24 bits per heavy atom. The first-order valence-corrected chi connectivity index (χ1v) is 13.7. The molecule has 3 rings (SSSR count). The van der Waals surface area contributed by atoms with Gasteiger partial charge in [-0.1, -0.05) is 98.6 Å². The molecular formula is C31H36Cl2N2O3. The molecule has 3 aromatic carbocycles. The lowest BCUT2D eigenvalue weighted by Crippen LogP contribution is -2.53. The van der Waals surface area contributed by atoms with E-state index in [1.54, 1.807) is 17.0 Å². The van der Waals surface area contributed by atoms with Crippen molar-refractivity contribution in [3.05, 3.63) is 99.5 Å². The molecule has 0 aliphatic carbocycles. The molecule has 0 saturated carbocycles. The third-order valence-electron chi connectivity index (χ3n) is 6.50. The van der Waals surface area contributed by atoms with E-state index in [0.717, 1.165) is 23.1 Å². The van der Waals surface area contributed by atoms with Crippen LogP contribution in [-0.4, -0.2) is 35.4 Å². The SMILES string of the molecule is CC[C@@H](C)NC(=O)[C@@H](Cc1ccccc1)N(Cc1ccc(Cl)c(Cl)c1)C(=O)COc1ccccc1C(C)C. The van der Waals surface area contributed by atoms with Crippen LogP contribution in [-0.2, 0) is 22.6 Å². The second kappa shape index (κ2) is 14.2. The van der Waals surface area contributed by atoms with E-state index in [9.17, 15) is 9.59 Å². The van der Waals surface area contributed by atoms with Crippen molar-refractivity contribution < 1.29 is 14.3 Å². The predicted octanol–water partition coefficient (Wildman–Crippen LogP) is 7.05. The average Bonchev–Trinajstić information content (AvgIpc) is 2.91. The Morgan fingerprint density at radius 2 is 1.58 bits per heavy atom. The summed E-state index contributed by atoms with van der Waals surface area (Å²) in [5.74, 6) is 0.392. The molecule has 2 amide bonds. The number of nitrogens with one attached hydrogen (secondary N) is 1. The lowest BCUT2D eigenvalue weighted by atomic mass is 10.0. The first-order chi connectivity index (χ1) is 18.2. The summed E-state index contributed by atoms with van der Waals surface area (Å²) in [6, 6.07) is 21.9. The van der Waals surface area contributed by atoms with Crippen LogP contribution < -0.4 is 10.1 Å². The second-order valence-electron chi connectivity index (χ2n) is 9.77. The van der Waals surface area contributed by atoms with E-state index in [1.165, 1.54) is 0 Å². The molecule has 38 heavy (non-hydrogen) atoms. The summed E-state index contributed by atoms with van der Waals surface area (Å²) >= 11 is 12.4.